The molecule has 26 heavy (non-hydrogen) atoms. The highest BCUT2D eigenvalue weighted by atomic mass is 32.2. The van der Waals surface area contributed by atoms with Crippen molar-refractivity contribution in [2.24, 2.45) is 0 Å². The second kappa shape index (κ2) is 7.32. The van der Waals surface area contributed by atoms with Crippen LogP contribution in [0.15, 0.2) is 24.3 Å². The summed E-state index contributed by atoms with van der Waals surface area (Å²) in [5.74, 6) is -0.996. The number of hydrogen-bond donors (Lipinski definition) is 1. The average molecular weight is 396 g/mol. The van der Waals surface area contributed by atoms with E-state index in [2.05, 4.69) is 10.3 Å². The molecule has 1 amide bonds. The molecule has 0 saturated carbocycles. The molecule has 2 aromatic rings. The van der Waals surface area contributed by atoms with Gasteiger partial charge >= 0.3 is 5.97 Å². The fourth-order valence-corrected chi connectivity index (χ4v) is 6.00. The third-order valence-corrected chi connectivity index (χ3v) is 7.19. The van der Waals surface area contributed by atoms with E-state index in [0.717, 1.165) is 15.2 Å². The molecule has 1 aliphatic rings. The summed E-state index contributed by atoms with van der Waals surface area (Å²) in [6, 6.07) is 7.74. The minimum absolute atomic E-state index is 0.0612. The molecule has 1 aromatic carbocycles. The van der Waals surface area contributed by atoms with Crippen LogP contribution in [-0.2, 0) is 30.6 Å². The summed E-state index contributed by atoms with van der Waals surface area (Å²) in [5, 5.41) is 3.50. The van der Waals surface area contributed by atoms with Gasteiger partial charge in [0.05, 0.1) is 38.7 Å². The minimum Gasteiger partial charge on any atom is -0.456 e. The Kier molecular flexibility index (Phi) is 5.29. The van der Waals surface area contributed by atoms with Gasteiger partial charge in [0.1, 0.15) is 0 Å². The molecule has 1 fully saturated rings. The number of amides is 1. The Morgan fingerprint density at radius 2 is 2.12 bits per heavy atom. The second-order valence-corrected chi connectivity index (χ2v) is 9.99. The summed E-state index contributed by atoms with van der Waals surface area (Å²) in [6.45, 7) is 1.28. The number of rotatable bonds is 6. The van der Waals surface area contributed by atoms with Crippen molar-refractivity contribution >= 4 is 43.3 Å². The number of fused-ring (bicyclic) bond motifs is 1. The normalized spacial score (nSPS) is 21.6. The van der Waals surface area contributed by atoms with Crippen LogP contribution in [0.4, 0.5) is 0 Å². The number of esters is 1. The first-order valence-electron chi connectivity index (χ1n) is 8.26. The summed E-state index contributed by atoms with van der Waals surface area (Å²) in [5.41, 5.74) is 0.114. The van der Waals surface area contributed by atoms with Gasteiger partial charge in [-0.3, -0.25) is 9.59 Å². The number of aromatic nitrogens is 1. The molecule has 1 aromatic heterocycles. The summed E-state index contributed by atoms with van der Waals surface area (Å²) >= 11 is 1.53. The van der Waals surface area contributed by atoms with E-state index in [0.29, 0.717) is 12.8 Å². The zero-order valence-corrected chi connectivity index (χ0v) is 16.0. The van der Waals surface area contributed by atoms with Crippen LogP contribution in [0.2, 0.25) is 0 Å². The standard InChI is InChI=1S/C17H20N2O5S2/c1-17(8-9-26(22,23)11-17)19-14(20)10-24-16(21)7-6-15-18-12-4-2-3-5-13(12)25-15/h2-5H,6-11H2,1H3,(H,19,20)/t17-/m0/s1. The van der Waals surface area contributed by atoms with Crippen LogP contribution in [0.3, 0.4) is 0 Å². The number of nitrogens with one attached hydrogen (secondary N) is 1. The molecule has 0 unspecified atom stereocenters. The lowest BCUT2D eigenvalue weighted by molar-refractivity contribution is -0.148. The maximum atomic E-state index is 11.9. The summed E-state index contributed by atoms with van der Waals surface area (Å²) in [4.78, 5) is 28.2. The number of thiazole rings is 1. The fraction of sp³-hybridized carbons (Fsp3) is 0.471. The highest BCUT2D eigenvalue weighted by molar-refractivity contribution is 7.91. The van der Waals surface area contributed by atoms with Crippen LogP contribution in [0.1, 0.15) is 24.8 Å². The molecule has 0 radical (unpaired) electrons. The van der Waals surface area contributed by atoms with Crippen LogP contribution in [0.25, 0.3) is 10.2 Å². The minimum atomic E-state index is -3.11. The van der Waals surface area contributed by atoms with Crippen LogP contribution in [0.5, 0.6) is 0 Å². The Hall–Kier alpha value is -2.00. The third-order valence-electron chi connectivity index (χ3n) is 4.19. The molecule has 0 spiro atoms. The molecular formula is C17H20N2O5S2. The molecule has 140 valence electrons. The van der Waals surface area contributed by atoms with E-state index in [4.69, 9.17) is 4.74 Å². The Morgan fingerprint density at radius 3 is 2.81 bits per heavy atom. The molecule has 1 atom stereocenters. The first-order chi connectivity index (χ1) is 12.2. The summed E-state index contributed by atoms with van der Waals surface area (Å²) in [6.07, 6.45) is 0.959. The first kappa shape index (κ1) is 18.8. The Balaban J connectivity index is 1.43. The van der Waals surface area contributed by atoms with Crippen LogP contribution < -0.4 is 5.32 Å². The Bertz CT molecular complexity index is 905. The molecule has 2 heterocycles. The largest absolute Gasteiger partial charge is 0.456 e. The Morgan fingerprint density at radius 1 is 1.35 bits per heavy atom. The van der Waals surface area contributed by atoms with Crippen molar-refractivity contribution in [1.82, 2.24) is 10.3 Å². The zero-order chi connectivity index (χ0) is 18.8. The maximum Gasteiger partial charge on any atom is 0.306 e. The van der Waals surface area contributed by atoms with Gasteiger partial charge in [-0.1, -0.05) is 12.1 Å². The quantitative estimate of drug-likeness (QED) is 0.742. The van der Waals surface area contributed by atoms with Crippen molar-refractivity contribution in [1.29, 1.82) is 0 Å². The zero-order valence-electron chi connectivity index (χ0n) is 14.4. The van der Waals surface area contributed by atoms with Crippen LogP contribution >= 0.6 is 11.3 Å². The van der Waals surface area contributed by atoms with Crippen molar-refractivity contribution < 1.29 is 22.7 Å². The van der Waals surface area contributed by atoms with Gasteiger partial charge in [-0.05, 0) is 25.5 Å². The number of para-hydroxylation sites is 1. The van der Waals surface area contributed by atoms with E-state index in [9.17, 15) is 18.0 Å². The number of hydrogen-bond acceptors (Lipinski definition) is 7. The lowest BCUT2D eigenvalue weighted by Gasteiger charge is -2.23. The van der Waals surface area contributed by atoms with Gasteiger partial charge in [-0.2, -0.15) is 0 Å². The van der Waals surface area contributed by atoms with E-state index in [1.54, 1.807) is 6.92 Å². The van der Waals surface area contributed by atoms with Crippen molar-refractivity contribution in [3.63, 3.8) is 0 Å². The van der Waals surface area contributed by atoms with Gasteiger partial charge in [-0.15, -0.1) is 11.3 Å². The van der Waals surface area contributed by atoms with E-state index < -0.39 is 33.9 Å². The van der Waals surface area contributed by atoms with Gasteiger partial charge in [0.25, 0.3) is 5.91 Å². The molecule has 3 rings (SSSR count). The van der Waals surface area contributed by atoms with E-state index >= 15 is 0 Å². The first-order valence-corrected chi connectivity index (χ1v) is 10.9. The Labute approximate surface area is 155 Å². The lowest BCUT2D eigenvalue weighted by Crippen LogP contribution is -2.48. The van der Waals surface area contributed by atoms with Crippen molar-refractivity contribution in [2.45, 2.75) is 31.7 Å². The molecule has 1 saturated heterocycles. The highest BCUT2D eigenvalue weighted by Crippen LogP contribution is 2.23. The monoisotopic (exact) mass is 396 g/mol. The lowest BCUT2D eigenvalue weighted by atomic mass is 10.0. The van der Waals surface area contributed by atoms with Crippen molar-refractivity contribution in [2.75, 3.05) is 18.1 Å². The predicted molar refractivity (Wildman–Crippen MR) is 98.7 cm³/mol. The number of benzene rings is 1. The topological polar surface area (TPSA) is 102 Å². The van der Waals surface area contributed by atoms with E-state index in [-0.39, 0.29) is 17.9 Å². The smallest absolute Gasteiger partial charge is 0.306 e. The maximum absolute atomic E-state index is 11.9. The number of sulfone groups is 1. The predicted octanol–water partition coefficient (Wildman–Crippen LogP) is 1.47. The SMILES string of the molecule is C[C@]1(NC(=O)COC(=O)CCc2nc3ccccc3s2)CCS(=O)(=O)C1. The van der Waals surface area contributed by atoms with Gasteiger partial charge in [0, 0.05) is 6.42 Å². The highest BCUT2D eigenvalue weighted by Gasteiger charge is 2.39. The average Bonchev–Trinajstić information content (AvgIpc) is 3.10. The fourth-order valence-electron chi connectivity index (χ4n) is 2.94. The number of aryl methyl sites for hydroxylation is 1. The molecule has 1 N–H and O–H groups in total. The number of nitrogens with zero attached hydrogens (tertiary/aromatic N) is 1. The third kappa shape index (κ3) is 4.79. The summed E-state index contributed by atoms with van der Waals surface area (Å²) < 4.78 is 29.1. The van der Waals surface area contributed by atoms with Crippen molar-refractivity contribution in [3.8, 4) is 0 Å². The molecule has 0 aliphatic carbocycles. The van der Waals surface area contributed by atoms with E-state index in [1.165, 1.54) is 11.3 Å². The van der Waals surface area contributed by atoms with Crippen LogP contribution in [-0.4, -0.2) is 48.9 Å². The summed E-state index contributed by atoms with van der Waals surface area (Å²) in [7, 11) is -3.11. The van der Waals surface area contributed by atoms with Gasteiger partial charge < -0.3 is 10.1 Å². The molecule has 1 aliphatic heterocycles. The number of carbonyl (C=O) groups is 2. The second-order valence-electron chi connectivity index (χ2n) is 6.69. The molecule has 9 heteroatoms. The van der Waals surface area contributed by atoms with Crippen LogP contribution in [0, 0.1) is 0 Å². The van der Waals surface area contributed by atoms with Gasteiger partial charge in [-0.25, -0.2) is 13.4 Å². The molecule has 0 bridgehead atoms. The van der Waals surface area contributed by atoms with E-state index in [1.807, 2.05) is 24.3 Å². The van der Waals surface area contributed by atoms with Gasteiger partial charge in [0.15, 0.2) is 16.4 Å². The number of carbonyl (C=O) groups excluding carboxylic acids is 2. The van der Waals surface area contributed by atoms with Gasteiger partial charge in [0.2, 0.25) is 0 Å². The number of ether oxygens (including phenoxy) is 1. The molecular weight excluding hydrogens is 376 g/mol. The molecule has 7 nitrogen and oxygen atoms in total. The van der Waals surface area contributed by atoms with Crippen molar-refractivity contribution in [3.05, 3.63) is 29.3 Å².